The summed E-state index contributed by atoms with van der Waals surface area (Å²) in [5.41, 5.74) is 10.9. The van der Waals surface area contributed by atoms with Crippen molar-refractivity contribution < 1.29 is 31.6 Å². The van der Waals surface area contributed by atoms with Crippen molar-refractivity contribution in [2.75, 3.05) is 0 Å². The fraction of sp³-hybridized carbons (Fsp3) is 0.280. The van der Waals surface area contributed by atoms with Crippen LogP contribution < -0.4 is 0 Å². The number of aromatic nitrogens is 12. The molecule has 0 saturated heterocycles. The summed E-state index contributed by atoms with van der Waals surface area (Å²) in [6, 6.07) is 30.9. The van der Waals surface area contributed by atoms with Gasteiger partial charge in [0, 0.05) is 98.4 Å². The quantitative estimate of drug-likeness (QED) is 0.0781. The molecule has 0 aliphatic heterocycles. The highest BCUT2D eigenvalue weighted by Crippen LogP contribution is 2.64. The number of benzene rings is 3. The van der Waals surface area contributed by atoms with Gasteiger partial charge in [-0.1, -0.05) is 35.3 Å². The van der Waals surface area contributed by atoms with E-state index in [9.17, 15) is 49.6 Å². The van der Waals surface area contributed by atoms with Crippen LogP contribution in [0.3, 0.4) is 0 Å². The first-order valence-electron chi connectivity index (χ1n) is 33.7. The van der Waals surface area contributed by atoms with E-state index in [1.807, 2.05) is 90.2 Å². The molecule has 12 aromatic rings. The fourth-order valence-corrected chi connectivity index (χ4v) is 19.7. The standard InChI is InChI=1S/C75H61F3N18O4PS3/c1-43-64(49-25-70(73-52(31-82)34-85-91(73)40-49)102-67-19-4-55(76)22-46(67)28-79)37-88-94(43)58-7-13-61(14-8-58)98-101(97,99-62-15-9-59(10-16-62)95-44(2)65(38-89-95)50-26-71(74-53(32-83)35-86-92(74)41-50)103-68-20-5-56(77)23-47(68)29-80)100-63-17-11-60(12-18-63)96-45(3)66(39-90-96)51-27-72(75-54(33-84)36-87-93(75)42-51)104-69-21-6-57(78)24-48(69)30-81/h4-6,19-27,34-42,58-63,97H,7-18H2,1-3H3/q+1. The predicted molar refractivity (Wildman–Crippen MR) is 380 cm³/mol. The molecule has 0 bridgehead atoms. The van der Waals surface area contributed by atoms with Crippen molar-refractivity contribution in [3.05, 3.63) is 196 Å². The van der Waals surface area contributed by atoms with Crippen LogP contribution in [0.25, 0.3) is 49.9 Å². The number of nitriles is 6. The van der Waals surface area contributed by atoms with Gasteiger partial charge in [-0.3, -0.25) is 14.0 Å². The number of rotatable bonds is 18. The van der Waals surface area contributed by atoms with Gasteiger partial charge >= 0.3 is 8.17 Å². The summed E-state index contributed by atoms with van der Waals surface area (Å²) >= 11 is 3.78. The maximum Gasteiger partial charge on any atom is 0.573 e. The van der Waals surface area contributed by atoms with E-state index in [4.69, 9.17) is 28.9 Å². The van der Waals surface area contributed by atoms with Crippen LogP contribution in [0, 0.1) is 106 Å². The van der Waals surface area contributed by atoms with E-state index in [-0.39, 0.29) is 34.8 Å². The largest absolute Gasteiger partial charge is 0.573 e. The van der Waals surface area contributed by atoms with Crippen LogP contribution in [-0.2, 0) is 13.6 Å². The number of nitrogens with zero attached hydrogens (tertiary/aromatic N) is 18. The van der Waals surface area contributed by atoms with Crippen molar-refractivity contribution in [2.24, 2.45) is 0 Å². The summed E-state index contributed by atoms with van der Waals surface area (Å²) in [5, 5.41) is 88.2. The third-order valence-electron chi connectivity index (χ3n) is 19.8. The summed E-state index contributed by atoms with van der Waals surface area (Å²) in [6.45, 7) is 6.04. The fourth-order valence-electron chi connectivity index (χ4n) is 14.6. The molecular formula is C75H61F3N18O4PS3+. The first-order chi connectivity index (χ1) is 50.5. The van der Waals surface area contributed by atoms with E-state index in [2.05, 4.69) is 51.7 Å². The molecule has 0 unspecified atom stereocenters. The molecule has 0 amide bonds. The van der Waals surface area contributed by atoms with Crippen LogP contribution >= 0.6 is 43.5 Å². The van der Waals surface area contributed by atoms with Crippen molar-refractivity contribution in [3.8, 4) is 69.8 Å². The van der Waals surface area contributed by atoms with Crippen molar-refractivity contribution in [1.29, 1.82) is 31.6 Å². The lowest BCUT2D eigenvalue weighted by atomic mass is 9.93. The highest BCUT2D eigenvalue weighted by atomic mass is 32.2. The number of fused-ring (bicyclic) bond motifs is 3. The van der Waals surface area contributed by atoms with Gasteiger partial charge in [0.05, 0.1) is 105 Å². The molecule has 3 aromatic carbocycles. The van der Waals surface area contributed by atoms with Crippen LogP contribution in [-0.4, -0.2) is 81.4 Å². The molecule has 3 fully saturated rings. The third-order valence-corrected chi connectivity index (χ3v) is 24.8. The van der Waals surface area contributed by atoms with Crippen molar-refractivity contribution >= 4 is 60.0 Å². The number of hydrogen-bond donors (Lipinski definition) is 1. The normalized spacial score (nSPS) is 18.9. The van der Waals surface area contributed by atoms with E-state index < -0.39 is 43.9 Å². The minimum Gasteiger partial charge on any atom is -0.266 e. The Labute approximate surface area is 607 Å². The Hall–Kier alpha value is -10.6. The van der Waals surface area contributed by atoms with E-state index in [1.165, 1.54) is 90.3 Å². The average Bonchev–Trinajstić information content (AvgIpc) is 1.60. The molecule has 0 radical (unpaired) electrons. The van der Waals surface area contributed by atoms with Gasteiger partial charge in [0.2, 0.25) is 0 Å². The second-order valence-corrected chi connectivity index (χ2v) is 30.9. The van der Waals surface area contributed by atoms with Gasteiger partial charge in [-0.05, 0) is 171 Å². The highest BCUT2D eigenvalue weighted by molar-refractivity contribution is 8.00. The van der Waals surface area contributed by atoms with Crippen molar-refractivity contribution in [2.45, 2.75) is 164 Å². The number of hydrogen-bond acceptors (Lipinski definition) is 19. The molecule has 1 N–H and O–H groups in total. The molecule has 104 heavy (non-hydrogen) atoms. The zero-order chi connectivity index (χ0) is 72.1. The van der Waals surface area contributed by atoms with Gasteiger partial charge < -0.3 is 0 Å². The van der Waals surface area contributed by atoms with Crippen LogP contribution in [0.15, 0.2) is 158 Å². The van der Waals surface area contributed by atoms with Gasteiger partial charge in [0.1, 0.15) is 72.2 Å². The summed E-state index contributed by atoms with van der Waals surface area (Å²) in [5.74, 6) is -1.58. The van der Waals surface area contributed by atoms with Gasteiger partial charge in [0.25, 0.3) is 0 Å². The van der Waals surface area contributed by atoms with E-state index in [0.29, 0.717) is 140 Å². The first-order valence-corrected chi connectivity index (χ1v) is 37.6. The second-order valence-electron chi connectivity index (χ2n) is 26.1. The van der Waals surface area contributed by atoms with E-state index in [1.54, 1.807) is 31.7 Å². The van der Waals surface area contributed by atoms with E-state index in [0.717, 1.165) is 50.5 Å². The number of pyridine rings is 3. The zero-order valence-electron chi connectivity index (χ0n) is 56.1. The van der Waals surface area contributed by atoms with Crippen LogP contribution in [0.2, 0.25) is 0 Å². The molecule has 0 atom stereocenters. The average molecular weight is 1460 g/mol. The minimum atomic E-state index is -4.03. The Balaban J connectivity index is 0.656. The summed E-state index contributed by atoms with van der Waals surface area (Å²) < 4.78 is 74.3. The molecule has 3 saturated carbocycles. The summed E-state index contributed by atoms with van der Waals surface area (Å²) in [4.78, 5) is 16.6. The molecule has 22 nitrogen and oxygen atoms in total. The molecule has 29 heteroatoms. The Morgan fingerprint density at radius 2 is 0.644 bits per heavy atom. The predicted octanol–water partition coefficient (Wildman–Crippen LogP) is 16.8. The lowest BCUT2D eigenvalue weighted by Gasteiger charge is -2.34. The van der Waals surface area contributed by atoms with Gasteiger partial charge in [-0.25, -0.2) is 26.7 Å². The van der Waals surface area contributed by atoms with E-state index >= 15 is 0 Å². The molecule has 3 aliphatic carbocycles. The van der Waals surface area contributed by atoms with Crippen molar-refractivity contribution in [3.63, 3.8) is 0 Å². The van der Waals surface area contributed by atoms with Gasteiger partial charge in [-0.15, -0.1) is 13.6 Å². The molecule has 9 heterocycles. The smallest absolute Gasteiger partial charge is 0.266 e. The second kappa shape index (κ2) is 28.9. The molecule has 9 aromatic heterocycles. The minimum absolute atomic E-state index is 0.0143. The Kier molecular flexibility index (Phi) is 19.2. The topological polar surface area (TPSA) is 296 Å². The lowest BCUT2D eigenvalue weighted by molar-refractivity contribution is -0.0241. The highest BCUT2D eigenvalue weighted by Gasteiger charge is 2.53. The summed E-state index contributed by atoms with van der Waals surface area (Å²) in [6.07, 6.45) is 21.8. The Morgan fingerprint density at radius 1 is 0.375 bits per heavy atom. The molecular weight excluding hydrogens is 1400 g/mol. The van der Waals surface area contributed by atoms with Crippen LogP contribution in [0.5, 0.6) is 0 Å². The Bertz CT molecular complexity index is 5120. The summed E-state index contributed by atoms with van der Waals surface area (Å²) in [7, 11) is -4.03. The lowest BCUT2D eigenvalue weighted by Crippen LogP contribution is -2.31. The maximum absolute atomic E-state index is 14.2. The maximum atomic E-state index is 14.2. The van der Waals surface area contributed by atoms with Crippen molar-refractivity contribution in [1.82, 2.24) is 58.2 Å². The van der Waals surface area contributed by atoms with Crippen LogP contribution in [0.1, 0.15) is 146 Å². The monoisotopic (exact) mass is 1460 g/mol. The van der Waals surface area contributed by atoms with Gasteiger partial charge in [-0.2, -0.15) is 67.1 Å². The SMILES string of the molecule is Cc1c(-c2cc(Sc3ccc(F)cc3C#N)c3c(C#N)cnn3c2)cnn1C1CCC(O[P+](O)(OC2CCC(n3ncc(-c4cc(Sc5ccc(F)cc5C#N)c5c(C#N)cnn5c4)c3C)CC2)OC2CCC(n3ncc(-c4cc(Sc5ccc(F)cc5C#N)c5c(C#N)cnn5c4)c3C)CC2)CC1. The molecule has 3 aliphatic rings. The molecule has 0 spiro atoms. The number of halogens is 3. The zero-order valence-corrected chi connectivity index (χ0v) is 59.4. The third kappa shape index (κ3) is 13.5. The Morgan fingerprint density at radius 3 is 0.904 bits per heavy atom. The van der Waals surface area contributed by atoms with Crippen LogP contribution in [0.4, 0.5) is 13.2 Å². The van der Waals surface area contributed by atoms with Gasteiger partial charge in [0.15, 0.2) is 0 Å². The first kappa shape index (κ1) is 69.1. The molecule has 518 valence electrons. The molecule has 15 rings (SSSR count).